The summed E-state index contributed by atoms with van der Waals surface area (Å²) in [5.74, 6) is 1.09. The monoisotopic (exact) mass is 330 g/mol. The first-order valence-electron chi connectivity index (χ1n) is 8.98. The highest BCUT2D eigenvalue weighted by molar-refractivity contribution is 5.80. The van der Waals surface area contributed by atoms with Crippen molar-refractivity contribution in [2.75, 3.05) is 32.8 Å². The van der Waals surface area contributed by atoms with E-state index >= 15 is 0 Å². The van der Waals surface area contributed by atoms with Crippen molar-refractivity contribution in [3.8, 4) is 5.75 Å². The predicted molar refractivity (Wildman–Crippen MR) is 91.7 cm³/mol. The Hall–Kier alpha value is -2.04. The van der Waals surface area contributed by atoms with E-state index in [1.807, 2.05) is 40.1 Å². The number of hydrogen-bond donors (Lipinski definition) is 0. The van der Waals surface area contributed by atoms with Crippen LogP contribution < -0.4 is 4.74 Å². The standard InChI is InChI=1S/C19H26N2O3/c22-18(15-24-17-7-3-1-4-8-17)20-13-9-16(10-14-20)19(23)21-11-5-2-6-12-21/h1,3-4,7-8,16H,2,5-6,9-15H2. The highest BCUT2D eigenvalue weighted by Crippen LogP contribution is 2.22. The van der Waals surface area contributed by atoms with Crippen LogP contribution in [0.3, 0.4) is 0 Å². The summed E-state index contributed by atoms with van der Waals surface area (Å²) in [5.41, 5.74) is 0. The molecule has 24 heavy (non-hydrogen) atoms. The lowest BCUT2D eigenvalue weighted by atomic mass is 9.94. The van der Waals surface area contributed by atoms with Crippen LogP contribution in [0.25, 0.3) is 0 Å². The summed E-state index contributed by atoms with van der Waals surface area (Å²) in [4.78, 5) is 28.6. The van der Waals surface area contributed by atoms with Crippen LogP contribution in [-0.4, -0.2) is 54.4 Å². The lowest BCUT2D eigenvalue weighted by Gasteiger charge is -2.35. The van der Waals surface area contributed by atoms with Crippen molar-refractivity contribution >= 4 is 11.8 Å². The highest BCUT2D eigenvalue weighted by Gasteiger charge is 2.30. The van der Waals surface area contributed by atoms with Crippen molar-refractivity contribution in [1.29, 1.82) is 0 Å². The SMILES string of the molecule is O=C(COc1ccccc1)N1CCC(C(=O)N2CCCCC2)CC1. The molecule has 0 aliphatic carbocycles. The molecular weight excluding hydrogens is 304 g/mol. The molecule has 0 aromatic heterocycles. The summed E-state index contributed by atoms with van der Waals surface area (Å²) in [6.07, 6.45) is 5.02. The van der Waals surface area contributed by atoms with Gasteiger partial charge in [0.25, 0.3) is 5.91 Å². The fourth-order valence-electron chi connectivity index (χ4n) is 3.50. The average Bonchev–Trinajstić information content (AvgIpc) is 2.67. The van der Waals surface area contributed by atoms with E-state index in [1.165, 1.54) is 6.42 Å². The molecule has 0 saturated carbocycles. The number of likely N-dealkylation sites (tertiary alicyclic amines) is 2. The Kier molecular flexibility index (Phi) is 5.72. The topological polar surface area (TPSA) is 49.9 Å². The maximum Gasteiger partial charge on any atom is 0.260 e. The minimum Gasteiger partial charge on any atom is -0.484 e. The average molecular weight is 330 g/mol. The van der Waals surface area contributed by atoms with E-state index in [0.29, 0.717) is 24.7 Å². The molecule has 0 atom stereocenters. The molecule has 2 saturated heterocycles. The summed E-state index contributed by atoms with van der Waals surface area (Å²) in [7, 11) is 0. The third-order valence-electron chi connectivity index (χ3n) is 4.97. The summed E-state index contributed by atoms with van der Waals surface area (Å²) >= 11 is 0. The number of piperidine rings is 2. The van der Waals surface area contributed by atoms with Crippen molar-refractivity contribution in [3.63, 3.8) is 0 Å². The Morgan fingerprint density at radius 3 is 2.25 bits per heavy atom. The van der Waals surface area contributed by atoms with Gasteiger partial charge in [-0.1, -0.05) is 18.2 Å². The molecule has 2 fully saturated rings. The molecule has 1 aromatic carbocycles. The molecule has 5 heteroatoms. The highest BCUT2D eigenvalue weighted by atomic mass is 16.5. The van der Waals surface area contributed by atoms with Gasteiger partial charge < -0.3 is 14.5 Å². The van der Waals surface area contributed by atoms with Crippen LogP contribution in [0.1, 0.15) is 32.1 Å². The molecular formula is C19H26N2O3. The largest absolute Gasteiger partial charge is 0.484 e. The minimum absolute atomic E-state index is 0.00252. The molecule has 2 aliphatic heterocycles. The third-order valence-corrected chi connectivity index (χ3v) is 4.97. The van der Waals surface area contributed by atoms with Gasteiger partial charge in [-0.2, -0.15) is 0 Å². The van der Waals surface area contributed by atoms with E-state index in [9.17, 15) is 9.59 Å². The fourth-order valence-corrected chi connectivity index (χ4v) is 3.50. The molecule has 0 spiro atoms. The number of carbonyl (C=O) groups is 2. The van der Waals surface area contributed by atoms with Gasteiger partial charge in [0.15, 0.2) is 6.61 Å². The van der Waals surface area contributed by atoms with Crippen molar-refractivity contribution in [2.24, 2.45) is 5.92 Å². The van der Waals surface area contributed by atoms with E-state index in [0.717, 1.165) is 38.8 Å². The van der Waals surface area contributed by atoms with E-state index in [-0.39, 0.29) is 18.4 Å². The lowest BCUT2D eigenvalue weighted by Crippen LogP contribution is -2.46. The van der Waals surface area contributed by atoms with Crippen molar-refractivity contribution in [1.82, 2.24) is 9.80 Å². The number of nitrogens with zero attached hydrogens (tertiary/aromatic N) is 2. The Labute approximate surface area is 143 Å². The lowest BCUT2D eigenvalue weighted by molar-refractivity contribution is -0.142. The normalized spacial score (nSPS) is 19.2. The second kappa shape index (κ2) is 8.18. The number of para-hydroxylation sites is 1. The van der Waals surface area contributed by atoms with Crippen LogP contribution in [-0.2, 0) is 9.59 Å². The summed E-state index contributed by atoms with van der Waals surface area (Å²) in [5, 5.41) is 0. The van der Waals surface area contributed by atoms with Crippen LogP contribution >= 0.6 is 0 Å². The van der Waals surface area contributed by atoms with Crippen LogP contribution in [0.4, 0.5) is 0 Å². The maximum absolute atomic E-state index is 12.5. The molecule has 2 heterocycles. The van der Waals surface area contributed by atoms with E-state index < -0.39 is 0 Å². The van der Waals surface area contributed by atoms with Gasteiger partial charge in [0.1, 0.15) is 5.75 Å². The van der Waals surface area contributed by atoms with Gasteiger partial charge >= 0.3 is 0 Å². The van der Waals surface area contributed by atoms with Crippen LogP contribution in [0.15, 0.2) is 30.3 Å². The third kappa shape index (κ3) is 4.28. The van der Waals surface area contributed by atoms with Crippen LogP contribution in [0, 0.1) is 5.92 Å². The first-order valence-corrected chi connectivity index (χ1v) is 8.98. The second-order valence-electron chi connectivity index (χ2n) is 6.64. The number of hydrogen-bond acceptors (Lipinski definition) is 3. The molecule has 2 amide bonds. The Morgan fingerprint density at radius 2 is 1.58 bits per heavy atom. The van der Waals surface area contributed by atoms with Crippen LogP contribution in [0.2, 0.25) is 0 Å². The molecule has 3 rings (SSSR count). The van der Waals surface area contributed by atoms with Crippen molar-refractivity contribution < 1.29 is 14.3 Å². The van der Waals surface area contributed by atoms with E-state index in [4.69, 9.17) is 4.74 Å². The second-order valence-corrected chi connectivity index (χ2v) is 6.64. The summed E-state index contributed by atoms with van der Waals surface area (Å²) in [6, 6.07) is 9.38. The quantitative estimate of drug-likeness (QED) is 0.851. The molecule has 1 aromatic rings. The smallest absolute Gasteiger partial charge is 0.260 e. The number of ether oxygens (including phenoxy) is 1. The molecule has 0 N–H and O–H groups in total. The molecule has 2 aliphatic rings. The van der Waals surface area contributed by atoms with E-state index in [2.05, 4.69) is 0 Å². The molecule has 5 nitrogen and oxygen atoms in total. The zero-order valence-electron chi connectivity index (χ0n) is 14.2. The van der Waals surface area contributed by atoms with Crippen molar-refractivity contribution in [3.05, 3.63) is 30.3 Å². The Morgan fingerprint density at radius 1 is 0.917 bits per heavy atom. The van der Waals surface area contributed by atoms with Gasteiger partial charge in [0.05, 0.1) is 0 Å². The van der Waals surface area contributed by atoms with Gasteiger partial charge in [-0.05, 0) is 44.2 Å². The predicted octanol–water partition coefficient (Wildman–Crippen LogP) is 2.32. The molecule has 130 valence electrons. The van der Waals surface area contributed by atoms with Crippen LogP contribution in [0.5, 0.6) is 5.75 Å². The van der Waals surface area contributed by atoms with Gasteiger partial charge in [0, 0.05) is 32.1 Å². The van der Waals surface area contributed by atoms with Crippen molar-refractivity contribution in [2.45, 2.75) is 32.1 Å². The van der Waals surface area contributed by atoms with Gasteiger partial charge in [-0.15, -0.1) is 0 Å². The number of amides is 2. The van der Waals surface area contributed by atoms with E-state index in [1.54, 1.807) is 0 Å². The zero-order valence-corrected chi connectivity index (χ0v) is 14.2. The number of carbonyl (C=O) groups excluding carboxylic acids is 2. The molecule has 0 radical (unpaired) electrons. The van der Waals surface area contributed by atoms with Gasteiger partial charge in [-0.3, -0.25) is 9.59 Å². The van der Waals surface area contributed by atoms with Gasteiger partial charge in [-0.25, -0.2) is 0 Å². The summed E-state index contributed by atoms with van der Waals surface area (Å²) in [6.45, 7) is 3.18. The molecule has 0 unspecified atom stereocenters. The minimum atomic E-state index is 0.00252. The fraction of sp³-hybridized carbons (Fsp3) is 0.579. The summed E-state index contributed by atoms with van der Waals surface area (Å²) < 4.78 is 5.52. The first-order chi connectivity index (χ1) is 11.7. The maximum atomic E-state index is 12.5. The van der Waals surface area contributed by atoms with Gasteiger partial charge in [0.2, 0.25) is 5.91 Å². The first kappa shape index (κ1) is 16.8. The Bertz CT molecular complexity index is 547. The number of rotatable bonds is 4. The Balaban J connectivity index is 1.42. The number of benzene rings is 1. The zero-order chi connectivity index (χ0) is 16.8. The molecule has 0 bridgehead atoms.